The Balaban J connectivity index is 1.71. The molecule has 1 aromatic carbocycles. The minimum absolute atomic E-state index is 0.00191. The highest BCUT2D eigenvalue weighted by molar-refractivity contribution is 8.00. The molecule has 2 heterocycles. The average molecular weight is 357 g/mol. The lowest BCUT2D eigenvalue weighted by Crippen LogP contribution is -2.36. The first-order valence-electron chi connectivity index (χ1n) is 8.01. The van der Waals surface area contributed by atoms with E-state index in [2.05, 4.69) is 10.2 Å². The summed E-state index contributed by atoms with van der Waals surface area (Å²) < 4.78 is 10.9. The third-order valence-corrected chi connectivity index (χ3v) is 4.69. The smallest absolute Gasteiger partial charge is 0.277 e. The predicted molar refractivity (Wildman–Crippen MR) is 96.5 cm³/mol. The predicted octanol–water partition coefficient (Wildman–Crippen LogP) is 4.17. The summed E-state index contributed by atoms with van der Waals surface area (Å²) >= 11 is 1.25. The van der Waals surface area contributed by atoms with Crippen LogP contribution >= 0.6 is 11.8 Å². The molecule has 0 saturated carbocycles. The van der Waals surface area contributed by atoms with Gasteiger partial charge < -0.3 is 13.7 Å². The first kappa shape index (κ1) is 17.3. The number of nitrogens with zero attached hydrogens (tertiary/aromatic N) is 3. The monoisotopic (exact) mass is 357 g/mol. The number of carbonyl (C=O) groups is 1. The molecular weight excluding hydrogens is 338 g/mol. The summed E-state index contributed by atoms with van der Waals surface area (Å²) in [6.07, 6.45) is 1.58. The third-order valence-electron chi connectivity index (χ3n) is 3.77. The van der Waals surface area contributed by atoms with Gasteiger partial charge in [-0.05, 0) is 39.0 Å². The van der Waals surface area contributed by atoms with Crippen LogP contribution in [0.3, 0.4) is 0 Å². The Hall–Kier alpha value is -2.54. The highest BCUT2D eigenvalue weighted by Gasteiger charge is 2.24. The fourth-order valence-electron chi connectivity index (χ4n) is 2.47. The lowest BCUT2D eigenvalue weighted by Gasteiger charge is -2.23. The van der Waals surface area contributed by atoms with Crippen molar-refractivity contribution in [3.05, 3.63) is 48.4 Å². The van der Waals surface area contributed by atoms with E-state index in [4.69, 9.17) is 8.83 Å². The highest BCUT2D eigenvalue weighted by Crippen LogP contribution is 2.29. The number of carbonyl (C=O) groups excluding carboxylic acids is 1. The molecule has 0 saturated heterocycles. The van der Waals surface area contributed by atoms with Crippen molar-refractivity contribution in [3.63, 3.8) is 0 Å². The van der Waals surface area contributed by atoms with Crippen LogP contribution in [0.4, 0.5) is 5.69 Å². The fourth-order valence-corrected chi connectivity index (χ4v) is 3.21. The van der Waals surface area contributed by atoms with E-state index >= 15 is 0 Å². The minimum atomic E-state index is -0.348. The quantitative estimate of drug-likeness (QED) is 0.617. The van der Waals surface area contributed by atoms with Gasteiger partial charge in [0.1, 0.15) is 5.76 Å². The fraction of sp³-hybridized carbons (Fsp3) is 0.278. The second kappa shape index (κ2) is 7.57. The number of aromatic nitrogens is 2. The summed E-state index contributed by atoms with van der Waals surface area (Å²) in [4.78, 5) is 14.5. The van der Waals surface area contributed by atoms with Crippen molar-refractivity contribution in [2.45, 2.75) is 31.2 Å². The van der Waals surface area contributed by atoms with Gasteiger partial charge in [0, 0.05) is 12.2 Å². The zero-order chi connectivity index (χ0) is 17.8. The number of furan rings is 1. The number of rotatable bonds is 6. The van der Waals surface area contributed by atoms with Gasteiger partial charge >= 0.3 is 0 Å². The van der Waals surface area contributed by atoms with Gasteiger partial charge in [0.25, 0.3) is 11.1 Å². The molecule has 130 valence electrons. The van der Waals surface area contributed by atoms with E-state index in [9.17, 15) is 4.79 Å². The van der Waals surface area contributed by atoms with E-state index in [0.29, 0.717) is 23.4 Å². The van der Waals surface area contributed by atoms with Gasteiger partial charge in [-0.1, -0.05) is 30.0 Å². The van der Waals surface area contributed by atoms with Crippen LogP contribution in [0, 0.1) is 6.92 Å². The maximum atomic E-state index is 12.8. The molecule has 0 bridgehead atoms. The normalized spacial score (nSPS) is 12.1. The maximum Gasteiger partial charge on any atom is 0.277 e. The zero-order valence-corrected chi connectivity index (χ0v) is 15.1. The molecule has 3 rings (SSSR count). The number of hydrogen-bond donors (Lipinski definition) is 0. The second-order valence-corrected chi connectivity index (χ2v) is 6.73. The molecule has 7 heteroatoms. The molecule has 1 amide bonds. The molecule has 0 spiro atoms. The summed E-state index contributed by atoms with van der Waals surface area (Å²) in [5, 5.41) is 8.07. The first-order chi connectivity index (χ1) is 12.1. The summed E-state index contributed by atoms with van der Waals surface area (Å²) in [6, 6.07) is 11.4. The van der Waals surface area contributed by atoms with Crippen LogP contribution in [0.15, 0.2) is 56.7 Å². The molecule has 6 nitrogen and oxygen atoms in total. The Bertz CT molecular complexity index is 844. The number of anilines is 1. The van der Waals surface area contributed by atoms with Crippen LogP contribution in [0.5, 0.6) is 0 Å². The van der Waals surface area contributed by atoms with Crippen molar-refractivity contribution in [1.82, 2.24) is 10.2 Å². The highest BCUT2D eigenvalue weighted by atomic mass is 32.2. The molecule has 0 unspecified atom stereocenters. The van der Waals surface area contributed by atoms with Crippen LogP contribution in [0.2, 0.25) is 0 Å². The molecule has 0 fully saturated rings. The molecule has 0 N–H and O–H groups in total. The molecule has 0 aliphatic rings. The van der Waals surface area contributed by atoms with Crippen molar-refractivity contribution < 1.29 is 13.6 Å². The van der Waals surface area contributed by atoms with Crippen LogP contribution in [0.1, 0.15) is 19.6 Å². The van der Waals surface area contributed by atoms with Crippen molar-refractivity contribution >= 4 is 23.4 Å². The molecule has 0 aliphatic heterocycles. The summed E-state index contributed by atoms with van der Waals surface area (Å²) in [7, 11) is 0. The molecule has 0 radical (unpaired) electrons. The van der Waals surface area contributed by atoms with E-state index in [1.165, 1.54) is 11.8 Å². The van der Waals surface area contributed by atoms with Crippen LogP contribution in [-0.4, -0.2) is 27.9 Å². The summed E-state index contributed by atoms with van der Waals surface area (Å²) in [6.45, 7) is 6.22. The SMILES string of the molecule is CCN(C(=O)[C@@H](C)Sc1nnc(-c2ccoc2C)o1)c1ccccc1. The van der Waals surface area contributed by atoms with Crippen LogP contribution < -0.4 is 4.90 Å². The first-order valence-corrected chi connectivity index (χ1v) is 8.89. The molecular formula is C18H19N3O3S. The Morgan fingerprint density at radius 3 is 2.64 bits per heavy atom. The Kier molecular flexibility index (Phi) is 5.23. The largest absolute Gasteiger partial charge is 0.469 e. The van der Waals surface area contributed by atoms with E-state index in [1.807, 2.05) is 51.1 Å². The van der Waals surface area contributed by atoms with Crippen molar-refractivity contribution in [2.24, 2.45) is 0 Å². The van der Waals surface area contributed by atoms with E-state index in [-0.39, 0.29) is 11.2 Å². The van der Waals surface area contributed by atoms with Gasteiger partial charge in [-0.2, -0.15) is 0 Å². The Morgan fingerprint density at radius 1 is 1.24 bits per heavy atom. The van der Waals surface area contributed by atoms with E-state index in [1.54, 1.807) is 17.2 Å². The van der Waals surface area contributed by atoms with Gasteiger partial charge in [-0.3, -0.25) is 4.79 Å². The zero-order valence-electron chi connectivity index (χ0n) is 14.3. The third kappa shape index (κ3) is 3.76. The number of para-hydroxylation sites is 1. The minimum Gasteiger partial charge on any atom is -0.469 e. The number of amides is 1. The average Bonchev–Trinajstić information content (AvgIpc) is 3.25. The standard InChI is InChI=1S/C18H19N3O3S/c1-4-21(14-8-6-5-7-9-14)17(22)13(3)25-18-20-19-16(24-18)15-10-11-23-12(15)2/h5-11,13H,4H2,1-3H3/t13-/m1/s1. The summed E-state index contributed by atoms with van der Waals surface area (Å²) in [5.41, 5.74) is 1.64. The molecule has 25 heavy (non-hydrogen) atoms. The maximum absolute atomic E-state index is 12.8. The van der Waals surface area contributed by atoms with Crippen molar-refractivity contribution in [2.75, 3.05) is 11.4 Å². The topological polar surface area (TPSA) is 72.4 Å². The van der Waals surface area contributed by atoms with Gasteiger partial charge in [0.15, 0.2) is 0 Å². The lowest BCUT2D eigenvalue weighted by atomic mass is 10.2. The van der Waals surface area contributed by atoms with Gasteiger partial charge in [0.05, 0.1) is 17.1 Å². The summed E-state index contributed by atoms with van der Waals surface area (Å²) in [5.74, 6) is 1.10. The molecule has 1 atom stereocenters. The van der Waals surface area contributed by atoms with Gasteiger partial charge in [-0.25, -0.2) is 0 Å². The number of thioether (sulfide) groups is 1. The van der Waals surface area contributed by atoms with E-state index in [0.717, 1.165) is 11.3 Å². The molecule has 0 aliphatic carbocycles. The van der Waals surface area contributed by atoms with Crippen LogP contribution in [0.25, 0.3) is 11.5 Å². The van der Waals surface area contributed by atoms with E-state index < -0.39 is 0 Å². The second-order valence-electron chi connectivity index (χ2n) is 5.44. The van der Waals surface area contributed by atoms with Gasteiger partial charge in [0.2, 0.25) is 5.91 Å². The molecule has 2 aromatic heterocycles. The van der Waals surface area contributed by atoms with Crippen LogP contribution in [-0.2, 0) is 4.79 Å². The lowest BCUT2D eigenvalue weighted by molar-refractivity contribution is -0.117. The number of benzene rings is 1. The Labute approximate surface area is 150 Å². The van der Waals surface area contributed by atoms with Crippen molar-refractivity contribution in [1.29, 1.82) is 0 Å². The van der Waals surface area contributed by atoms with Crippen molar-refractivity contribution in [3.8, 4) is 11.5 Å². The Morgan fingerprint density at radius 2 is 2.00 bits per heavy atom. The molecule has 3 aromatic rings. The number of hydrogen-bond acceptors (Lipinski definition) is 6. The number of aryl methyl sites for hydroxylation is 1. The van der Waals surface area contributed by atoms with Gasteiger partial charge in [-0.15, -0.1) is 10.2 Å².